The van der Waals surface area contributed by atoms with Gasteiger partial charge < -0.3 is 10.1 Å². The minimum atomic E-state index is 0.390. The Morgan fingerprint density at radius 2 is 1.68 bits per heavy atom. The van der Waals surface area contributed by atoms with Crippen molar-refractivity contribution in [2.45, 2.75) is 59.5 Å². The van der Waals surface area contributed by atoms with E-state index < -0.39 is 0 Å². The fourth-order valence-electron chi connectivity index (χ4n) is 2.15. The molecule has 2 atom stereocenters. The van der Waals surface area contributed by atoms with E-state index in [9.17, 15) is 0 Å². The van der Waals surface area contributed by atoms with Crippen molar-refractivity contribution in [2.24, 2.45) is 5.92 Å². The molecule has 1 aromatic carbocycles. The molecule has 1 aromatic rings. The Balaban J connectivity index is 2.50. The Kier molecular flexibility index (Phi) is 6.93. The molecule has 108 valence electrons. The van der Waals surface area contributed by atoms with Crippen LogP contribution < -0.4 is 10.1 Å². The second-order valence-electron chi connectivity index (χ2n) is 5.85. The van der Waals surface area contributed by atoms with Crippen LogP contribution in [0.3, 0.4) is 0 Å². The van der Waals surface area contributed by atoms with Crippen molar-refractivity contribution in [1.82, 2.24) is 5.32 Å². The molecule has 0 aliphatic rings. The molecular formula is C17H29NO. The summed E-state index contributed by atoms with van der Waals surface area (Å²) in [6, 6.07) is 9.41. The van der Waals surface area contributed by atoms with Crippen molar-refractivity contribution < 1.29 is 4.74 Å². The molecule has 0 heterocycles. The molecule has 0 amide bonds. The first-order valence-electron chi connectivity index (χ1n) is 7.51. The first-order valence-corrected chi connectivity index (χ1v) is 7.51. The maximum atomic E-state index is 5.70. The zero-order valence-electron chi connectivity index (χ0n) is 13.1. The SMILES string of the molecule is CCCC(C)NC(C)c1ccc(OCC(C)C)cc1. The Hall–Kier alpha value is -1.02. The van der Waals surface area contributed by atoms with Crippen LogP contribution in [0.15, 0.2) is 24.3 Å². The molecule has 2 nitrogen and oxygen atoms in total. The van der Waals surface area contributed by atoms with E-state index in [1.165, 1.54) is 18.4 Å². The van der Waals surface area contributed by atoms with E-state index in [0.29, 0.717) is 18.0 Å². The molecule has 0 saturated heterocycles. The summed E-state index contributed by atoms with van der Waals surface area (Å²) in [5, 5.41) is 3.63. The van der Waals surface area contributed by atoms with Gasteiger partial charge in [-0.05, 0) is 43.9 Å². The van der Waals surface area contributed by atoms with Crippen LogP contribution in [0.1, 0.15) is 59.1 Å². The first kappa shape index (κ1) is 16.0. The van der Waals surface area contributed by atoms with E-state index >= 15 is 0 Å². The smallest absolute Gasteiger partial charge is 0.119 e. The Morgan fingerprint density at radius 1 is 1.05 bits per heavy atom. The standard InChI is InChI=1S/C17H29NO/c1-6-7-14(4)18-15(5)16-8-10-17(11-9-16)19-12-13(2)3/h8-11,13-15,18H,6-7,12H2,1-5H3. The largest absolute Gasteiger partial charge is 0.493 e. The first-order chi connectivity index (χ1) is 9.02. The van der Waals surface area contributed by atoms with Gasteiger partial charge in [0, 0.05) is 12.1 Å². The third-order valence-electron chi connectivity index (χ3n) is 3.22. The summed E-state index contributed by atoms with van der Waals surface area (Å²) in [5.41, 5.74) is 1.32. The molecule has 2 unspecified atom stereocenters. The van der Waals surface area contributed by atoms with Gasteiger partial charge in [-0.2, -0.15) is 0 Å². The van der Waals surface area contributed by atoms with Crippen LogP contribution in [0.5, 0.6) is 5.75 Å². The molecule has 1 N–H and O–H groups in total. The highest BCUT2D eigenvalue weighted by atomic mass is 16.5. The Labute approximate surface area is 118 Å². The molecule has 0 bridgehead atoms. The van der Waals surface area contributed by atoms with Crippen molar-refractivity contribution in [3.05, 3.63) is 29.8 Å². The zero-order chi connectivity index (χ0) is 14.3. The van der Waals surface area contributed by atoms with Gasteiger partial charge in [0.2, 0.25) is 0 Å². The predicted octanol–water partition coefficient (Wildman–Crippen LogP) is 4.56. The summed E-state index contributed by atoms with van der Waals surface area (Å²) >= 11 is 0. The Morgan fingerprint density at radius 3 is 2.21 bits per heavy atom. The quantitative estimate of drug-likeness (QED) is 0.742. The number of benzene rings is 1. The van der Waals surface area contributed by atoms with Crippen LogP contribution in [0, 0.1) is 5.92 Å². The maximum Gasteiger partial charge on any atom is 0.119 e. The van der Waals surface area contributed by atoms with Crippen LogP contribution in [0.4, 0.5) is 0 Å². The van der Waals surface area contributed by atoms with E-state index in [0.717, 1.165) is 12.4 Å². The third kappa shape index (κ3) is 6.11. The van der Waals surface area contributed by atoms with Gasteiger partial charge in [-0.1, -0.05) is 39.3 Å². The van der Waals surface area contributed by atoms with Crippen LogP contribution in [-0.2, 0) is 0 Å². The summed E-state index contributed by atoms with van der Waals surface area (Å²) in [5.74, 6) is 1.53. The highest BCUT2D eigenvalue weighted by molar-refractivity contribution is 5.29. The highest BCUT2D eigenvalue weighted by Crippen LogP contribution is 2.19. The maximum absolute atomic E-state index is 5.70. The molecular weight excluding hydrogens is 234 g/mol. The van der Waals surface area contributed by atoms with E-state index in [2.05, 4.69) is 64.2 Å². The van der Waals surface area contributed by atoms with Gasteiger partial charge in [-0.15, -0.1) is 0 Å². The van der Waals surface area contributed by atoms with Crippen LogP contribution in [0.2, 0.25) is 0 Å². The molecule has 2 heteroatoms. The van der Waals surface area contributed by atoms with Gasteiger partial charge in [0.15, 0.2) is 0 Å². The highest BCUT2D eigenvalue weighted by Gasteiger charge is 2.08. The van der Waals surface area contributed by atoms with E-state index in [-0.39, 0.29) is 0 Å². The minimum Gasteiger partial charge on any atom is -0.493 e. The number of nitrogens with one attached hydrogen (secondary N) is 1. The molecule has 0 aliphatic heterocycles. The van der Waals surface area contributed by atoms with Gasteiger partial charge in [-0.3, -0.25) is 0 Å². The fraction of sp³-hybridized carbons (Fsp3) is 0.647. The topological polar surface area (TPSA) is 21.3 Å². The second kappa shape index (κ2) is 8.21. The van der Waals surface area contributed by atoms with Gasteiger partial charge in [0.25, 0.3) is 0 Å². The van der Waals surface area contributed by atoms with Crippen molar-refractivity contribution in [1.29, 1.82) is 0 Å². The molecule has 0 fully saturated rings. The lowest BCUT2D eigenvalue weighted by Gasteiger charge is -2.20. The summed E-state index contributed by atoms with van der Waals surface area (Å²) in [6.45, 7) is 11.8. The van der Waals surface area contributed by atoms with Crippen LogP contribution in [-0.4, -0.2) is 12.6 Å². The average Bonchev–Trinajstić information content (AvgIpc) is 2.37. The summed E-state index contributed by atoms with van der Waals surface area (Å²) < 4.78 is 5.70. The lowest BCUT2D eigenvalue weighted by molar-refractivity contribution is 0.271. The van der Waals surface area contributed by atoms with Gasteiger partial charge in [0.1, 0.15) is 5.75 Å². The number of hydrogen-bond acceptors (Lipinski definition) is 2. The molecule has 0 aliphatic carbocycles. The van der Waals surface area contributed by atoms with E-state index in [1.807, 2.05) is 0 Å². The fourth-order valence-corrected chi connectivity index (χ4v) is 2.15. The normalized spacial score (nSPS) is 14.4. The monoisotopic (exact) mass is 263 g/mol. The lowest BCUT2D eigenvalue weighted by atomic mass is 10.1. The van der Waals surface area contributed by atoms with Crippen molar-refractivity contribution in [3.63, 3.8) is 0 Å². The van der Waals surface area contributed by atoms with Crippen molar-refractivity contribution in [2.75, 3.05) is 6.61 Å². The summed E-state index contributed by atoms with van der Waals surface area (Å²) in [7, 11) is 0. The number of ether oxygens (including phenoxy) is 1. The molecule has 1 rings (SSSR count). The van der Waals surface area contributed by atoms with Gasteiger partial charge in [0.05, 0.1) is 6.61 Å². The second-order valence-corrected chi connectivity index (χ2v) is 5.85. The predicted molar refractivity (Wildman–Crippen MR) is 82.7 cm³/mol. The van der Waals surface area contributed by atoms with Crippen molar-refractivity contribution in [3.8, 4) is 5.75 Å². The number of hydrogen-bond donors (Lipinski definition) is 1. The third-order valence-corrected chi connectivity index (χ3v) is 3.22. The molecule has 0 saturated carbocycles. The van der Waals surface area contributed by atoms with Crippen molar-refractivity contribution >= 4 is 0 Å². The zero-order valence-corrected chi connectivity index (χ0v) is 13.1. The Bertz CT molecular complexity index is 345. The van der Waals surface area contributed by atoms with E-state index in [1.54, 1.807) is 0 Å². The van der Waals surface area contributed by atoms with Crippen LogP contribution >= 0.6 is 0 Å². The summed E-state index contributed by atoms with van der Waals surface area (Å²) in [4.78, 5) is 0. The number of rotatable bonds is 8. The molecule has 19 heavy (non-hydrogen) atoms. The average molecular weight is 263 g/mol. The summed E-state index contributed by atoms with van der Waals surface area (Å²) in [6.07, 6.45) is 2.45. The van der Waals surface area contributed by atoms with Gasteiger partial charge in [-0.25, -0.2) is 0 Å². The molecule has 0 spiro atoms. The minimum absolute atomic E-state index is 0.390. The van der Waals surface area contributed by atoms with Gasteiger partial charge >= 0.3 is 0 Å². The lowest BCUT2D eigenvalue weighted by Crippen LogP contribution is -2.28. The molecule has 0 radical (unpaired) electrons. The molecule has 0 aromatic heterocycles. The van der Waals surface area contributed by atoms with E-state index in [4.69, 9.17) is 4.74 Å². The van der Waals surface area contributed by atoms with Crippen LogP contribution in [0.25, 0.3) is 0 Å².